The van der Waals surface area contributed by atoms with Crippen LogP contribution < -0.4 is 10.6 Å². The fourth-order valence-corrected chi connectivity index (χ4v) is 4.20. The third kappa shape index (κ3) is 3.95. The van der Waals surface area contributed by atoms with Crippen LogP contribution in [-0.2, 0) is 6.54 Å². The van der Waals surface area contributed by atoms with E-state index in [1.807, 2.05) is 11.8 Å². The molecule has 3 heteroatoms. The molecule has 0 heterocycles. The Morgan fingerprint density at radius 1 is 1.29 bits per heavy atom. The molecule has 21 heavy (non-hydrogen) atoms. The lowest BCUT2D eigenvalue weighted by Crippen LogP contribution is -2.37. The number of hydrogen-bond donors (Lipinski definition) is 1. The highest BCUT2D eigenvalue weighted by molar-refractivity contribution is 7.99. The standard InChI is InChI=1S/C18H30N2S/c1-5-21-17-8-6-7-16(15(17)13-19)20(4)14-9-11-18(2,3)12-10-14/h6-8,14H,5,9-13,19H2,1-4H3. The van der Waals surface area contributed by atoms with Crippen molar-refractivity contribution in [3.63, 3.8) is 0 Å². The second-order valence-electron chi connectivity index (χ2n) is 6.90. The molecule has 0 spiro atoms. The summed E-state index contributed by atoms with van der Waals surface area (Å²) in [4.78, 5) is 3.83. The third-order valence-corrected chi connectivity index (χ3v) is 5.83. The molecular weight excluding hydrogens is 276 g/mol. The number of nitrogens with zero attached hydrogens (tertiary/aromatic N) is 1. The summed E-state index contributed by atoms with van der Waals surface area (Å²) in [5.41, 5.74) is 9.22. The van der Waals surface area contributed by atoms with Gasteiger partial charge < -0.3 is 10.6 Å². The van der Waals surface area contributed by atoms with Crippen LogP contribution in [0.2, 0.25) is 0 Å². The maximum Gasteiger partial charge on any atom is 0.0422 e. The SMILES string of the molecule is CCSc1cccc(N(C)C2CCC(C)(C)CC2)c1CN. The van der Waals surface area contributed by atoms with E-state index in [9.17, 15) is 0 Å². The second kappa shape index (κ2) is 7.06. The van der Waals surface area contributed by atoms with Crippen LogP contribution in [0.4, 0.5) is 5.69 Å². The number of anilines is 1. The van der Waals surface area contributed by atoms with Crippen molar-refractivity contribution in [2.45, 2.75) is 63.9 Å². The van der Waals surface area contributed by atoms with Crippen molar-refractivity contribution in [2.24, 2.45) is 11.1 Å². The Bertz CT molecular complexity index is 460. The minimum atomic E-state index is 0.522. The van der Waals surface area contributed by atoms with Crippen molar-refractivity contribution >= 4 is 17.4 Å². The molecule has 1 aromatic carbocycles. The zero-order valence-corrected chi connectivity index (χ0v) is 14.8. The third-order valence-electron chi connectivity index (χ3n) is 4.85. The van der Waals surface area contributed by atoms with Gasteiger partial charge in [-0.15, -0.1) is 11.8 Å². The topological polar surface area (TPSA) is 29.3 Å². The summed E-state index contributed by atoms with van der Waals surface area (Å²) in [6.07, 6.45) is 5.23. The van der Waals surface area contributed by atoms with Crippen LogP contribution in [0.25, 0.3) is 0 Å². The average Bonchev–Trinajstić information content (AvgIpc) is 2.46. The minimum absolute atomic E-state index is 0.522. The molecular formula is C18H30N2S. The molecule has 2 rings (SSSR count). The quantitative estimate of drug-likeness (QED) is 0.802. The van der Waals surface area contributed by atoms with Gasteiger partial charge in [-0.1, -0.05) is 26.8 Å². The first-order chi connectivity index (χ1) is 9.98. The van der Waals surface area contributed by atoms with Crippen molar-refractivity contribution in [3.05, 3.63) is 23.8 Å². The molecule has 0 radical (unpaired) electrons. The highest BCUT2D eigenvalue weighted by atomic mass is 32.2. The Labute approximate surface area is 134 Å². The van der Waals surface area contributed by atoms with Gasteiger partial charge in [-0.2, -0.15) is 0 Å². The van der Waals surface area contributed by atoms with Crippen LogP contribution in [0, 0.1) is 5.41 Å². The molecule has 1 saturated carbocycles. The van der Waals surface area contributed by atoms with Gasteiger partial charge in [0.05, 0.1) is 0 Å². The van der Waals surface area contributed by atoms with Crippen LogP contribution in [0.1, 0.15) is 52.0 Å². The van der Waals surface area contributed by atoms with Gasteiger partial charge >= 0.3 is 0 Å². The van der Waals surface area contributed by atoms with Gasteiger partial charge in [0.15, 0.2) is 0 Å². The van der Waals surface area contributed by atoms with Crippen LogP contribution in [-0.4, -0.2) is 18.8 Å². The van der Waals surface area contributed by atoms with Crippen LogP contribution in [0.15, 0.2) is 23.1 Å². The van der Waals surface area contributed by atoms with Crippen molar-refractivity contribution in [3.8, 4) is 0 Å². The minimum Gasteiger partial charge on any atom is -0.371 e. The zero-order chi connectivity index (χ0) is 15.5. The molecule has 1 aliphatic carbocycles. The predicted molar refractivity (Wildman–Crippen MR) is 95.2 cm³/mol. The summed E-state index contributed by atoms with van der Waals surface area (Å²) in [7, 11) is 2.25. The smallest absolute Gasteiger partial charge is 0.0422 e. The highest BCUT2D eigenvalue weighted by Gasteiger charge is 2.29. The van der Waals surface area contributed by atoms with Crippen LogP contribution in [0.5, 0.6) is 0 Å². The lowest BCUT2D eigenvalue weighted by molar-refractivity contribution is 0.222. The first-order valence-electron chi connectivity index (χ1n) is 8.16. The highest BCUT2D eigenvalue weighted by Crippen LogP contribution is 2.39. The van der Waals surface area contributed by atoms with E-state index in [4.69, 9.17) is 5.73 Å². The fraction of sp³-hybridized carbons (Fsp3) is 0.667. The first-order valence-corrected chi connectivity index (χ1v) is 9.14. The number of hydrogen-bond acceptors (Lipinski definition) is 3. The zero-order valence-electron chi connectivity index (χ0n) is 14.0. The van der Waals surface area contributed by atoms with E-state index >= 15 is 0 Å². The molecule has 2 nitrogen and oxygen atoms in total. The van der Waals surface area contributed by atoms with E-state index in [1.54, 1.807) is 0 Å². The van der Waals surface area contributed by atoms with E-state index in [0.717, 1.165) is 5.75 Å². The molecule has 1 aliphatic rings. The number of rotatable bonds is 5. The van der Waals surface area contributed by atoms with E-state index < -0.39 is 0 Å². The summed E-state index contributed by atoms with van der Waals surface area (Å²) in [6.45, 7) is 7.62. The van der Waals surface area contributed by atoms with Gasteiger partial charge in [-0.25, -0.2) is 0 Å². The average molecular weight is 307 g/mol. The monoisotopic (exact) mass is 306 g/mol. The Balaban J connectivity index is 2.19. The Kier molecular flexibility index (Phi) is 5.61. The summed E-state index contributed by atoms with van der Waals surface area (Å²) >= 11 is 1.90. The van der Waals surface area contributed by atoms with Crippen LogP contribution >= 0.6 is 11.8 Å². The Hall–Kier alpha value is -0.670. The Morgan fingerprint density at radius 2 is 1.95 bits per heavy atom. The molecule has 0 saturated heterocycles. The van der Waals surface area contributed by atoms with Crippen molar-refractivity contribution in [2.75, 3.05) is 17.7 Å². The summed E-state index contributed by atoms with van der Waals surface area (Å²) < 4.78 is 0. The lowest BCUT2D eigenvalue weighted by Gasteiger charge is -2.40. The molecule has 0 unspecified atom stereocenters. The molecule has 2 N–H and O–H groups in total. The van der Waals surface area contributed by atoms with E-state index in [1.165, 1.54) is 41.8 Å². The summed E-state index contributed by atoms with van der Waals surface area (Å²) in [5, 5.41) is 0. The molecule has 0 aromatic heterocycles. The number of benzene rings is 1. The van der Waals surface area contributed by atoms with Gasteiger partial charge in [0.1, 0.15) is 0 Å². The predicted octanol–water partition coefficient (Wildman–Crippen LogP) is 4.66. The molecule has 0 aliphatic heterocycles. The maximum atomic E-state index is 6.05. The van der Waals surface area contributed by atoms with E-state index in [-0.39, 0.29) is 0 Å². The van der Waals surface area contributed by atoms with E-state index in [0.29, 0.717) is 18.0 Å². The van der Waals surface area contributed by atoms with Gasteiger partial charge in [-0.05, 0) is 49.0 Å². The second-order valence-corrected chi connectivity index (χ2v) is 8.20. The van der Waals surface area contributed by atoms with Gasteiger partial charge in [-0.3, -0.25) is 0 Å². The van der Waals surface area contributed by atoms with Gasteiger partial charge in [0.25, 0.3) is 0 Å². The fourth-order valence-electron chi connectivity index (χ4n) is 3.35. The molecule has 1 fully saturated rings. The number of nitrogens with two attached hydrogens (primary N) is 1. The maximum absolute atomic E-state index is 6.05. The lowest BCUT2D eigenvalue weighted by atomic mass is 9.75. The molecule has 118 valence electrons. The van der Waals surface area contributed by atoms with Crippen molar-refractivity contribution < 1.29 is 0 Å². The Morgan fingerprint density at radius 3 is 2.52 bits per heavy atom. The summed E-state index contributed by atoms with van der Waals surface area (Å²) in [6, 6.07) is 7.28. The normalized spacial score (nSPS) is 18.7. The van der Waals surface area contributed by atoms with Crippen molar-refractivity contribution in [1.29, 1.82) is 0 Å². The van der Waals surface area contributed by atoms with Gasteiger partial charge in [0.2, 0.25) is 0 Å². The molecule has 1 aromatic rings. The summed E-state index contributed by atoms with van der Waals surface area (Å²) in [5.74, 6) is 1.10. The first kappa shape index (κ1) is 16.7. The largest absolute Gasteiger partial charge is 0.371 e. The molecule has 0 atom stereocenters. The molecule has 0 bridgehead atoms. The molecule has 0 amide bonds. The number of thioether (sulfide) groups is 1. The van der Waals surface area contributed by atoms with Gasteiger partial charge in [0, 0.05) is 35.8 Å². The van der Waals surface area contributed by atoms with E-state index in [2.05, 4.69) is 50.9 Å². The van der Waals surface area contributed by atoms with Crippen molar-refractivity contribution in [1.82, 2.24) is 0 Å². The van der Waals surface area contributed by atoms with Crippen LogP contribution in [0.3, 0.4) is 0 Å².